The second-order valence-electron chi connectivity index (χ2n) is 6.02. The summed E-state index contributed by atoms with van der Waals surface area (Å²) < 4.78 is 6.22. The van der Waals surface area contributed by atoms with Crippen molar-refractivity contribution in [2.75, 3.05) is 0 Å². The van der Waals surface area contributed by atoms with Gasteiger partial charge in [-0.3, -0.25) is 0 Å². The minimum Gasteiger partial charge on any atom is -0.488 e. The normalized spacial score (nSPS) is 21.5. The van der Waals surface area contributed by atoms with Gasteiger partial charge in [-0.05, 0) is 67.5 Å². The molecule has 0 saturated heterocycles. The summed E-state index contributed by atoms with van der Waals surface area (Å²) >= 11 is 0. The number of benzene rings is 2. The highest BCUT2D eigenvalue weighted by Crippen LogP contribution is 2.30. The molecule has 0 heterocycles. The molecule has 2 aromatic rings. The van der Waals surface area contributed by atoms with Crippen LogP contribution in [0.25, 0.3) is 0 Å². The third-order valence-corrected chi connectivity index (χ3v) is 4.52. The third kappa shape index (κ3) is 2.96. The Morgan fingerprint density at radius 2 is 1.86 bits per heavy atom. The fourth-order valence-electron chi connectivity index (χ4n) is 3.05. The van der Waals surface area contributed by atoms with E-state index in [1.807, 2.05) is 6.07 Å². The molecule has 2 aromatic carbocycles. The Labute approximate surface area is 126 Å². The van der Waals surface area contributed by atoms with E-state index in [0.29, 0.717) is 0 Å². The molecule has 0 radical (unpaired) electrons. The van der Waals surface area contributed by atoms with Gasteiger partial charge in [0.2, 0.25) is 0 Å². The number of ether oxygens (including phenoxy) is 1. The highest BCUT2D eigenvalue weighted by molar-refractivity contribution is 5.35. The van der Waals surface area contributed by atoms with Crippen LogP contribution in [-0.4, -0.2) is 6.10 Å². The Hall–Kier alpha value is -1.80. The van der Waals surface area contributed by atoms with Crippen LogP contribution in [0.3, 0.4) is 0 Å². The lowest BCUT2D eigenvalue weighted by molar-refractivity contribution is 0.162. The summed E-state index contributed by atoms with van der Waals surface area (Å²) in [6, 6.07) is 14.7. The van der Waals surface area contributed by atoms with E-state index < -0.39 is 0 Å². The summed E-state index contributed by atoms with van der Waals surface area (Å²) in [6.45, 7) is 4.23. The number of nitrogens with two attached hydrogens (primary N) is 1. The van der Waals surface area contributed by atoms with Gasteiger partial charge in [-0.2, -0.15) is 0 Å². The summed E-state index contributed by atoms with van der Waals surface area (Å²) in [6.07, 6.45) is 3.27. The molecule has 2 atom stereocenters. The molecule has 0 fully saturated rings. The minimum atomic E-state index is -0.0506. The van der Waals surface area contributed by atoms with E-state index in [9.17, 15) is 0 Å². The molecule has 0 aliphatic heterocycles. The zero-order valence-electron chi connectivity index (χ0n) is 12.8. The molecule has 0 spiro atoms. The van der Waals surface area contributed by atoms with E-state index in [2.05, 4.69) is 50.2 Å². The van der Waals surface area contributed by atoms with E-state index in [-0.39, 0.29) is 12.1 Å². The quantitative estimate of drug-likeness (QED) is 0.842. The first-order valence-electron chi connectivity index (χ1n) is 7.72. The second kappa shape index (κ2) is 5.90. The Balaban J connectivity index is 1.84. The Kier molecular flexibility index (Phi) is 3.98. The lowest BCUT2D eigenvalue weighted by atomic mass is 9.98. The monoisotopic (exact) mass is 281 g/mol. The van der Waals surface area contributed by atoms with Crippen LogP contribution in [0.1, 0.15) is 41.1 Å². The van der Waals surface area contributed by atoms with Crippen LogP contribution in [0.4, 0.5) is 0 Å². The van der Waals surface area contributed by atoms with E-state index in [1.165, 1.54) is 22.3 Å². The van der Waals surface area contributed by atoms with Crippen molar-refractivity contribution in [1.82, 2.24) is 0 Å². The predicted octanol–water partition coefficient (Wildman–Crippen LogP) is 4.09. The van der Waals surface area contributed by atoms with Gasteiger partial charge in [0.05, 0.1) is 6.04 Å². The number of hydrogen-bond donors (Lipinski definition) is 1. The van der Waals surface area contributed by atoms with E-state index in [1.54, 1.807) is 0 Å². The molecule has 2 N–H and O–H groups in total. The van der Waals surface area contributed by atoms with Crippen LogP contribution < -0.4 is 10.5 Å². The van der Waals surface area contributed by atoms with Crippen molar-refractivity contribution < 1.29 is 4.74 Å². The maximum Gasteiger partial charge on any atom is 0.120 e. The van der Waals surface area contributed by atoms with E-state index >= 15 is 0 Å². The third-order valence-electron chi connectivity index (χ3n) is 4.52. The van der Waals surface area contributed by atoms with Crippen LogP contribution in [0.5, 0.6) is 5.75 Å². The van der Waals surface area contributed by atoms with Crippen molar-refractivity contribution in [2.24, 2.45) is 5.73 Å². The van der Waals surface area contributed by atoms with Gasteiger partial charge in [0.25, 0.3) is 0 Å². The lowest BCUT2D eigenvalue weighted by Crippen LogP contribution is -2.30. The number of rotatable bonds is 2. The molecule has 0 amide bonds. The first-order valence-corrected chi connectivity index (χ1v) is 7.72. The number of fused-ring (bicyclic) bond motifs is 1. The van der Waals surface area contributed by atoms with Crippen molar-refractivity contribution >= 4 is 0 Å². The molecule has 21 heavy (non-hydrogen) atoms. The number of aryl methyl sites for hydroxylation is 3. The summed E-state index contributed by atoms with van der Waals surface area (Å²) in [5.74, 6) is 0.929. The summed E-state index contributed by atoms with van der Waals surface area (Å²) in [4.78, 5) is 0. The fourth-order valence-corrected chi connectivity index (χ4v) is 3.05. The van der Waals surface area contributed by atoms with Crippen molar-refractivity contribution in [1.29, 1.82) is 0 Å². The van der Waals surface area contributed by atoms with Crippen molar-refractivity contribution in [3.05, 3.63) is 64.7 Å². The van der Waals surface area contributed by atoms with Gasteiger partial charge in [-0.1, -0.05) is 30.3 Å². The summed E-state index contributed by atoms with van der Waals surface area (Å²) in [5.41, 5.74) is 11.6. The zero-order valence-corrected chi connectivity index (χ0v) is 12.8. The molecule has 0 saturated carbocycles. The molecule has 2 heteroatoms. The van der Waals surface area contributed by atoms with Gasteiger partial charge < -0.3 is 10.5 Å². The van der Waals surface area contributed by atoms with Crippen LogP contribution >= 0.6 is 0 Å². The number of hydrogen-bond acceptors (Lipinski definition) is 2. The van der Waals surface area contributed by atoms with Crippen LogP contribution in [0.15, 0.2) is 42.5 Å². The first-order chi connectivity index (χ1) is 10.1. The van der Waals surface area contributed by atoms with Gasteiger partial charge in [0, 0.05) is 0 Å². The van der Waals surface area contributed by atoms with Gasteiger partial charge in [0.1, 0.15) is 11.9 Å². The summed E-state index contributed by atoms with van der Waals surface area (Å²) in [5, 5.41) is 0. The van der Waals surface area contributed by atoms with Crippen LogP contribution in [-0.2, 0) is 6.42 Å². The maximum atomic E-state index is 6.48. The Morgan fingerprint density at radius 1 is 1.05 bits per heavy atom. The molecule has 110 valence electrons. The molecule has 1 aliphatic rings. The molecule has 1 aliphatic carbocycles. The average molecular weight is 281 g/mol. The van der Waals surface area contributed by atoms with Gasteiger partial charge in [0.15, 0.2) is 0 Å². The van der Waals surface area contributed by atoms with Crippen LogP contribution in [0.2, 0.25) is 0 Å². The van der Waals surface area contributed by atoms with Gasteiger partial charge in [-0.25, -0.2) is 0 Å². The highest BCUT2D eigenvalue weighted by atomic mass is 16.5. The van der Waals surface area contributed by atoms with E-state index in [4.69, 9.17) is 10.5 Å². The Bertz CT molecular complexity index is 635. The minimum absolute atomic E-state index is 0.0506. The van der Waals surface area contributed by atoms with Gasteiger partial charge in [-0.15, -0.1) is 0 Å². The molecule has 2 nitrogen and oxygen atoms in total. The molecule has 0 bridgehead atoms. The van der Waals surface area contributed by atoms with E-state index in [0.717, 1.165) is 25.0 Å². The fraction of sp³-hybridized carbons (Fsp3) is 0.368. The predicted molar refractivity (Wildman–Crippen MR) is 86.6 cm³/mol. The topological polar surface area (TPSA) is 35.2 Å². The zero-order chi connectivity index (χ0) is 14.8. The largest absolute Gasteiger partial charge is 0.488 e. The molecule has 2 unspecified atom stereocenters. The van der Waals surface area contributed by atoms with Crippen molar-refractivity contribution in [2.45, 2.75) is 45.3 Å². The van der Waals surface area contributed by atoms with Gasteiger partial charge >= 0.3 is 0 Å². The molecular weight excluding hydrogens is 258 g/mol. The standard InChI is InChI=1S/C19H23NO/c1-13-10-11-16(12-14(13)2)21-18-9-5-7-15-6-3-4-8-17(15)19(18)20/h3-4,6,8,10-12,18-19H,5,7,9,20H2,1-2H3. The highest BCUT2D eigenvalue weighted by Gasteiger charge is 2.26. The maximum absolute atomic E-state index is 6.48. The second-order valence-corrected chi connectivity index (χ2v) is 6.02. The SMILES string of the molecule is Cc1ccc(OC2CCCc3ccccc3C2N)cc1C. The van der Waals surface area contributed by atoms with Crippen molar-refractivity contribution in [3.63, 3.8) is 0 Å². The summed E-state index contributed by atoms with van der Waals surface area (Å²) in [7, 11) is 0. The first kappa shape index (κ1) is 14.2. The smallest absolute Gasteiger partial charge is 0.120 e. The average Bonchev–Trinajstić information content (AvgIpc) is 2.64. The molecule has 0 aromatic heterocycles. The molecular formula is C19H23NO. The van der Waals surface area contributed by atoms with Crippen LogP contribution in [0, 0.1) is 13.8 Å². The lowest BCUT2D eigenvalue weighted by Gasteiger charge is -2.24. The Morgan fingerprint density at radius 3 is 2.67 bits per heavy atom. The van der Waals surface area contributed by atoms with Crippen molar-refractivity contribution in [3.8, 4) is 5.75 Å². The molecule has 3 rings (SSSR count).